The Kier molecular flexibility index (Phi) is 9.21. The minimum atomic E-state index is -0.773. The predicted octanol–water partition coefficient (Wildman–Crippen LogP) is 5.36. The molecule has 236 valence electrons. The smallest absolute Gasteiger partial charge is 0.318 e. The molecule has 3 aromatic carbocycles. The second kappa shape index (κ2) is 13.4. The maximum absolute atomic E-state index is 13.5. The highest BCUT2D eigenvalue weighted by Gasteiger charge is 2.43. The van der Waals surface area contributed by atoms with Crippen molar-refractivity contribution in [3.05, 3.63) is 108 Å². The average Bonchev–Trinajstić information content (AvgIpc) is 3.54. The third-order valence-corrected chi connectivity index (χ3v) is 10.5. The lowest BCUT2D eigenvalue weighted by molar-refractivity contribution is -0.143. The monoisotopic (exact) mass is 608 g/mol. The molecule has 0 aliphatic carbocycles. The van der Waals surface area contributed by atoms with Gasteiger partial charge in [-0.2, -0.15) is 0 Å². The minimum absolute atomic E-state index is 0.0990. The summed E-state index contributed by atoms with van der Waals surface area (Å²) in [6.07, 6.45) is 4.47. The minimum Gasteiger partial charge on any atom is -0.481 e. The molecule has 3 aliphatic rings. The SMILES string of the molecule is O=C(O)C1CCN(C(=O)NC2(c3ccccc3)CCN(CCC3(c4ccccc4)CCN(C(=O)c4ccccc4)C3)CC2)CC1. The molecule has 45 heavy (non-hydrogen) atoms. The van der Waals surface area contributed by atoms with Crippen molar-refractivity contribution in [1.29, 1.82) is 0 Å². The second-order valence-electron chi connectivity index (χ2n) is 13.1. The van der Waals surface area contributed by atoms with Crippen LogP contribution in [0.1, 0.15) is 60.0 Å². The van der Waals surface area contributed by atoms with Gasteiger partial charge in [-0.15, -0.1) is 0 Å². The highest BCUT2D eigenvalue weighted by Crippen LogP contribution is 2.40. The first-order chi connectivity index (χ1) is 21.9. The van der Waals surface area contributed by atoms with Gasteiger partial charge in [-0.25, -0.2) is 4.79 Å². The van der Waals surface area contributed by atoms with Gasteiger partial charge in [0.1, 0.15) is 0 Å². The standard InChI is InChI=1S/C37H44N4O4/c42-33(29-10-4-1-5-11-29)41-27-19-36(28-41,31-12-6-2-7-13-31)18-24-39-25-20-37(21-26-39,32-14-8-3-9-15-32)38-35(45)40-22-16-30(17-23-40)34(43)44/h1-15,30H,16-28H2,(H,38,45)(H,43,44). The van der Waals surface area contributed by atoms with Crippen molar-refractivity contribution in [2.75, 3.05) is 45.8 Å². The lowest BCUT2D eigenvalue weighted by Gasteiger charge is -2.45. The lowest BCUT2D eigenvalue weighted by Crippen LogP contribution is -2.57. The van der Waals surface area contributed by atoms with E-state index < -0.39 is 11.5 Å². The number of hydrogen-bond donors (Lipinski definition) is 2. The van der Waals surface area contributed by atoms with Crippen LogP contribution < -0.4 is 5.32 Å². The molecule has 0 saturated carbocycles. The van der Waals surface area contributed by atoms with Crippen LogP contribution in [0.15, 0.2) is 91.0 Å². The Morgan fingerprint density at radius 2 is 1.29 bits per heavy atom. The molecule has 0 aromatic heterocycles. The maximum Gasteiger partial charge on any atom is 0.318 e. The van der Waals surface area contributed by atoms with Gasteiger partial charge in [0, 0.05) is 50.2 Å². The Bertz CT molecular complexity index is 1450. The Hall–Kier alpha value is -4.17. The number of nitrogens with zero attached hydrogens (tertiary/aromatic N) is 3. The van der Waals surface area contributed by atoms with Crippen LogP contribution in [0.25, 0.3) is 0 Å². The molecule has 8 nitrogen and oxygen atoms in total. The van der Waals surface area contributed by atoms with E-state index in [0.717, 1.165) is 63.0 Å². The molecule has 3 fully saturated rings. The first kappa shape index (κ1) is 30.8. The molecule has 1 unspecified atom stereocenters. The molecule has 0 radical (unpaired) electrons. The number of benzene rings is 3. The molecule has 3 amide bonds. The van der Waals surface area contributed by atoms with E-state index in [0.29, 0.717) is 32.5 Å². The van der Waals surface area contributed by atoms with Gasteiger partial charge in [0.2, 0.25) is 0 Å². The van der Waals surface area contributed by atoms with Crippen LogP contribution in [0.4, 0.5) is 4.79 Å². The van der Waals surface area contributed by atoms with E-state index in [-0.39, 0.29) is 23.3 Å². The molecule has 8 heteroatoms. The van der Waals surface area contributed by atoms with Gasteiger partial charge in [-0.1, -0.05) is 78.9 Å². The normalized spacial score (nSPS) is 22.2. The van der Waals surface area contributed by atoms with E-state index in [2.05, 4.69) is 52.7 Å². The summed E-state index contributed by atoms with van der Waals surface area (Å²) < 4.78 is 0. The summed E-state index contributed by atoms with van der Waals surface area (Å²) in [7, 11) is 0. The number of rotatable bonds is 8. The van der Waals surface area contributed by atoms with Gasteiger partial charge >= 0.3 is 12.0 Å². The first-order valence-corrected chi connectivity index (χ1v) is 16.4. The molecule has 3 saturated heterocycles. The number of hydrogen-bond acceptors (Lipinski definition) is 4. The zero-order chi connectivity index (χ0) is 31.3. The molecule has 3 aliphatic heterocycles. The van der Waals surface area contributed by atoms with Crippen molar-refractivity contribution in [2.45, 2.75) is 49.5 Å². The number of carboxylic acid groups (broad SMARTS) is 1. The van der Waals surface area contributed by atoms with Gasteiger partial charge in [0.15, 0.2) is 0 Å². The Balaban J connectivity index is 1.12. The van der Waals surface area contributed by atoms with E-state index in [1.165, 1.54) is 5.56 Å². The molecule has 0 bridgehead atoms. The lowest BCUT2D eigenvalue weighted by atomic mass is 9.76. The van der Waals surface area contributed by atoms with E-state index in [1.807, 2.05) is 53.4 Å². The Labute approximate surface area is 266 Å². The quantitative estimate of drug-likeness (QED) is 0.359. The number of nitrogens with one attached hydrogen (secondary N) is 1. The molecule has 6 rings (SSSR count). The summed E-state index contributed by atoms with van der Waals surface area (Å²) in [6.45, 7) is 5.01. The summed E-state index contributed by atoms with van der Waals surface area (Å²) in [5.41, 5.74) is 2.58. The molecule has 0 spiro atoms. The maximum atomic E-state index is 13.5. The fourth-order valence-electron chi connectivity index (χ4n) is 7.57. The van der Waals surface area contributed by atoms with E-state index in [1.54, 1.807) is 4.90 Å². The number of carbonyl (C=O) groups is 3. The Morgan fingerprint density at radius 3 is 1.89 bits per heavy atom. The summed E-state index contributed by atoms with van der Waals surface area (Å²) in [5, 5.41) is 12.8. The molecule has 3 aromatic rings. The van der Waals surface area contributed by atoms with Crippen LogP contribution in [0, 0.1) is 5.92 Å². The van der Waals surface area contributed by atoms with Gasteiger partial charge in [-0.3, -0.25) is 9.59 Å². The second-order valence-corrected chi connectivity index (χ2v) is 13.1. The number of aliphatic carboxylic acids is 1. The van der Waals surface area contributed by atoms with Crippen LogP contribution in [0.2, 0.25) is 0 Å². The zero-order valence-corrected chi connectivity index (χ0v) is 25.9. The largest absolute Gasteiger partial charge is 0.481 e. The van der Waals surface area contributed by atoms with Gasteiger partial charge < -0.3 is 25.1 Å². The fourth-order valence-corrected chi connectivity index (χ4v) is 7.57. The van der Waals surface area contributed by atoms with Crippen LogP contribution in [0.5, 0.6) is 0 Å². The number of likely N-dealkylation sites (tertiary alicyclic amines) is 3. The molecule has 1 atom stereocenters. The van der Waals surface area contributed by atoms with Crippen LogP contribution in [-0.4, -0.2) is 83.5 Å². The highest BCUT2D eigenvalue weighted by molar-refractivity contribution is 5.94. The van der Waals surface area contributed by atoms with Gasteiger partial charge in [-0.05, 0) is 68.3 Å². The van der Waals surface area contributed by atoms with E-state index in [4.69, 9.17) is 0 Å². The summed E-state index contributed by atoms with van der Waals surface area (Å²) in [6, 6.07) is 30.4. The number of carboxylic acids is 1. The molecular weight excluding hydrogens is 564 g/mol. The van der Waals surface area contributed by atoms with Crippen molar-refractivity contribution in [3.8, 4) is 0 Å². The van der Waals surface area contributed by atoms with Crippen LogP contribution in [0.3, 0.4) is 0 Å². The van der Waals surface area contributed by atoms with Crippen molar-refractivity contribution < 1.29 is 19.5 Å². The van der Waals surface area contributed by atoms with Gasteiger partial charge in [0.05, 0.1) is 11.5 Å². The molecule has 2 N–H and O–H groups in total. The van der Waals surface area contributed by atoms with Crippen LogP contribution in [-0.2, 0) is 15.7 Å². The summed E-state index contributed by atoms with van der Waals surface area (Å²) in [5.74, 6) is -1.05. The van der Waals surface area contributed by atoms with Crippen molar-refractivity contribution in [3.63, 3.8) is 0 Å². The number of urea groups is 1. The summed E-state index contributed by atoms with van der Waals surface area (Å²) >= 11 is 0. The van der Waals surface area contributed by atoms with E-state index in [9.17, 15) is 19.5 Å². The summed E-state index contributed by atoms with van der Waals surface area (Å²) in [4.78, 5) is 44.6. The highest BCUT2D eigenvalue weighted by atomic mass is 16.4. The molecular formula is C37H44N4O4. The van der Waals surface area contributed by atoms with E-state index >= 15 is 0 Å². The number of carbonyl (C=O) groups excluding carboxylic acids is 2. The topological polar surface area (TPSA) is 93.2 Å². The van der Waals surface area contributed by atoms with Crippen molar-refractivity contribution in [1.82, 2.24) is 20.0 Å². The van der Waals surface area contributed by atoms with Crippen molar-refractivity contribution >= 4 is 17.9 Å². The number of amides is 3. The first-order valence-electron chi connectivity index (χ1n) is 16.4. The third-order valence-electron chi connectivity index (χ3n) is 10.5. The number of piperidine rings is 2. The fraction of sp³-hybridized carbons (Fsp3) is 0.432. The molecule has 3 heterocycles. The third kappa shape index (κ3) is 6.76. The zero-order valence-electron chi connectivity index (χ0n) is 25.9. The van der Waals surface area contributed by atoms with Crippen molar-refractivity contribution in [2.24, 2.45) is 5.92 Å². The average molecular weight is 609 g/mol. The van der Waals surface area contributed by atoms with Gasteiger partial charge in [0.25, 0.3) is 5.91 Å². The van der Waals surface area contributed by atoms with Crippen LogP contribution >= 0.6 is 0 Å². The Morgan fingerprint density at radius 1 is 0.711 bits per heavy atom. The predicted molar refractivity (Wildman–Crippen MR) is 174 cm³/mol.